The van der Waals surface area contributed by atoms with E-state index in [1.54, 1.807) is 17.0 Å². The summed E-state index contributed by atoms with van der Waals surface area (Å²) >= 11 is 1.23. The number of ether oxygens (including phenoxy) is 1. The van der Waals surface area contributed by atoms with Gasteiger partial charge in [0.25, 0.3) is 5.91 Å². The number of sulfone groups is 1. The largest absolute Gasteiger partial charge is 0.373 e. The highest BCUT2D eigenvalue weighted by atomic mass is 35.5. The molecular formula is C25H33ClN4O6S3. The van der Waals surface area contributed by atoms with Gasteiger partial charge >= 0.3 is 0 Å². The molecule has 1 aliphatic rings. The van der Waals surface area contributed by atoms with E-state index in [9.17, 15) is 21.6 Å². The molecule has 1 saturated heterocycles. The Morgan fingerprint density at radius 2 is 1.59 bits per heavy atom. The fourth-order valence-corrected chi connectivity index (χ4v) is 7.57. The van der Waals surface area contributed by atoms with Gasteiger partial charge in [-0.05, 0) is 70.4 Å². The number of morpholine rings is 1. The minimum Gasteiger partial charge on any atom is -0.373 e. The SMILES string of the molecule is CC1CN(S(=O)(=O)c2ccc(C(=O)N(CCN(C)C)c3nc4ccc(S(C)(=O)=O)cc4s3)cc2)CC(C)O1.Cl. The topological polar surface area (TPSA) is 117 Å². The van der Waals surface area contributed by atoms with E-state index in [-0.39, 0.29) is 53.4 Å². The summed E-state index contributed by atoms with van der Waals surface area (Å²) in [5.74, 6) is -0.327. The first-order valence-corrected chi connectivity index (χ1v) is 16.2. The maximum atomic E-state index is 13.6. The van der Waals surface area contributed by atoms with Crippen LogP contribution in [0.5, 0.6) is 0 Å². The van der Waals surface area contributed by atoms with Gasteiger partial charge < -0.3 is 9.64 Å². The fourth-order valence-electron chi connectivity index (χ4n) is 4.22. The Kier molecular flexibility index (Phi) is 9.80. The summed E-state index contributed by atoms with van der Waals surface area (Å²) in [7, 11) is -3.33. The van der Waals surface area contributed by atoms with Crippen molar-refractivity contribution in [1.29, 1.82) is 0 Å². The van der Waals surface area contributed by atoms with Gasteiger partial charge in [0.2, 0.25) is 10.0 Å². The molecule has 39 heavy (non-hydrogen) atoms. The first-order valence-electron chi connectivity index (χ1n) is 12.1. The van der Waals surface area contributed by atoms with Crippen molar-refractivity contribution in [2.75, 3.05) is 51.4 Å². The lowest BCUT2D eigenvalue weighted by Gasteiger charge is -2.34. The number of benzene rings is 2. The molecule has 214 valence electrons. The van der Waals surface area contributed by atoms with E-state index in [4.69, 9.17) is 4.74 Å². The van der Waals surface area contributed by atoms with Crippen LogP contribution < -0.4 is 4.90 Å². The number of nitrogens with zero attached hydrogens (tertiary/aromatic N) is 4. The van der Waals surface area contributed by atoms with Gasteiger partial charge in [0, 0.05) is 38.0 Å². The van der Waals surface area contributed by atoms with E-state index in [0.29, 0.717) is 34.0 Å². The number of anilines is 1. The van der Waals surface area contributed by atoms with Crippen molar-refractivity contribution >= 4 is 64.9 Å². The summed E-state index contributed by atoms with van der Waals surface area (Å²) in [4.78, 5) is 22.0. The van der Waals surface area contributed by atoms with Gasteiger partial charge in [-0.2, -0.15) is 4.31 Å². The molecule has 1 fully saturated rings. The summed E-state index contributed by atoms with van der Waals surface area (Å²) in [6.45, 7) is 5.12. The van der Waals surface area contributed by atoms with Crippen molar-refractivity contribution < 1.29 is 26.4 Å². The van der Waals surface area contributed by atoms with Crippen molar-refractivity contribution in [3.8, 4) is 0 Å². The standard InChI is InChI=1S/C25H32N4O6S3.ClH/c1-17-15-28(16-18(2)35-17)38(33,34)20-8-6-19(7-9-20)24(30)29(13-12-27(3)4)25-26-22-11-10-21(37(5,31)32)14-23(22)36-25;/h6-11,14,17-18H,12-13,15-16H2,1-5H3;1H. The van der Waals surface area contributed by atoms with Gasteiger partial charge in [0.05, 0.1) is 32.2 Å². The van der Waals surface area contributed by atoms with Crippen molar-refractivity contribution in [1.82, 2.24) is 14.2 Å². The highest BCUT2D eigenvalue weighted by Crippen LogP contribution is 2.32. The number of aromatic nitrogens is 1. The lowest BCUT2D eigenvalue weighted by atomic mass is 10.2. The average Bonchev–Trinajstić information content (AvgIpc) is 3.26. The van der Waals surface area contributed by atoms with Gasteiger partial charge in [-0.25, -0.2) is 21.8 Å². The van der Waals surface area contributed by atoms with Crippen molar-refractivity contribution in [3.63, 3.8) is 0 Å². The molecule has 2 aromatic carbocycles. The fraction of sp³-hybridized carbons (Fsp3) is 0.440. The van der Waals surface area contributed by atoms with Gasteiger partial charge in [-0.3, -0.25) is 9.69 Å². The smallest absolute Gasteiger partial charge is 0.260 e. The van der Waals surface area contributed by atoms with E-state index < -0.39 is 19.9 Å². The molecule has 14 heteroatoms. The Labute approximate surface area is 239 Å². The lowest BCUT2D eigenvalue weighted by Crippen LogP contribution is -2.48. The zero-order valence-corrected chi connectivity index (χ0v) is 25.7. The van der Waals surface area contributed by atoms with Gasteiger partial charge in [-0.1, -0.05) is 11.3 Å². The number of hydrogen-bond donors (Lipinski definition) is 0. The van der Waals surface area contributed by atoms with Crippen LogP contribution in [0.2, 0.25) is 0 Å². The Bertz CT molecular complexity index is 1530. The maximum absolute atomic E-state index is 13.6. The summed E-state index contributed by atoms with van der Waals surface area (Å²) in [5, 5.41) is 0.436. The summed E-state index contributed by atoms with van der Waals surface area (Å²) in [5.41, 5.74) is 0.915. The minimum atomic E-state index is -3.74. The highest BCUT2D eigenvalue weighted by Gasteiger charge is 2.32. The van der Waals surface area contributed by atoms with Crippen LogP contribution in [0.15, 0.2) is 52.3 Å². The monoisotopic (exact) mass is 616 g/mol. The van der Waals surface area contributed by atoms with Gasteiger partial charge in [0.1, 0.15) is 0 Å². The number of rotatable bonds is 8. The predicted molar refractivity (Wildman–Crippen MR) is 155 cm³/mol. The third-order valence-corrected chi connectivity index (χ3v) is 10.1. The second-order valence-electron chi connectivity index (χ2n) is 9.76. The molecule has 2 atom stereocenters. The molecule has 2 unspecified atom stereocenters. The van der Waals surface area contributed by atoms with Gasteiger partial charge in [-0.15, -0.1) is 12.4 Å². The molecule has 0 bridgehead atoms. The van der Waals surface area contributed by atoms with Crippen LogP contribution in [-0.2, 0) is 24.6 Å². The Morgan fingerprint density at radius 3 is 2.15 bits per heavy atom. The summed E-state index contributed by atoms with van der Waals surface area (Å²) in [6, 6.07) is 10.6. The molecule has 1 amide bonds. The van der Waals surface area contributed by atoms with E-state index in [0.717, 1.165) is 6.26 Å². The molecule has 1 aliphatic heterocycles. The van der Waals surface area contributed by atoms with Crippen LogP contribution in [0, 0.1) is 0 Å². The zero-order valence-electron chi connectivity index (χ0n) is 22.4. The molecule has 0 aliphatic carbocycles. The van der Waals surface area contributed by atoms with Crippen LogP contribution in [0.4, 0.5) is 5.13 Å². The normalized spacial score (nSPS) is 18.7. The lowest BCUT2D eigenvalue weighted by molar-refractivity contribution is -0.0440. The maximum Gasteiger partial charge on any atom is 0.260 e. The molecule has 4 rings (SSSR count). The average molecular weight is 617 g/mol. The summed E-state index contributed by atoms with van der Waals surface area (Å²) < 4.78 is 58.1. The number of thiazole rings is 1. The molecule has 10 nitrogen and oxygen atoms in total. The molecule has 0 spiro atoms. The molecule has 3 aromatic rings. The van der Waals surface area contributed by atoms with E-state index in [1.165, 1.54) is 46.0 Å². The third-order valence-electron chi connectivity index (χ3n) is 6.15. The van der Waals surface area contributed by atoms with Crippen molar-refractivity contribution in [2.45, 2.75) is 35.8 Å². The number of carbonyl (C=O) groups excluding carboxylic acids is 1. The first-order chi connectivity index (χ1) is 17.8. The zero-order chi connectivity index (χ0) is 27.8. The summed E-state index contributed by atoms with van der Waals surface area (Å²) in [6.07, 6.45) is 0.733. The number of halogens is 1. The van der Waals surface area contributed by atoms with Gasteiger partial charge in [0.15, 0.2) is 15.0 Å². The van der Waals surface area contributed by atoms with Crippen LogP contribution >= 0.6 is 23.7 Å². The van der Waals surface area contributed by atoms with Crippen LogP contribution in [0.3, 0.4) is 0 Å². The number of sulfonamides is 1. The second kappa shape index (κ2) is 12.2. The minimum absolute atomic E-state index is 0. The number of hydrogen-bond acceptors (Lipinski definition) is 9. The Hall–Kier alpha value is -2.13. The van der Waals surface area contributed by atoms with Crippen LogP contribution in [-0.4, -0.2) is 95.7 Å². The molecule has 2 heterocycles. The number of carbonyl (C=O) groups is 1. The quantitative estimate of drug-likeness (QED) is 0.379. The van der Waals surface area contributed by atoms with E-state index >= 15 is 0 Å². The predicted octanol–water partition coefficient (Wildman–Crippen LogP) is 3.13. The number of fused-ring (bicyclic) bond motifs is 1. The third kappa shape index (κ3) is 7.15. The number of amides is 1. The molecule has 1 aromatic heterocycles. The van der Waals surface area contributed by atoms with Crippen LogP contribution in [0.25, 0.3) is 10.2 Å². The van der Waals surface area contributed by atoms with E-state index in [2.05, 4.69) is 4.98 Å². The molecule has 0 radical (unpaired) electrons. The Morgan fingerprint density at radius 1 is 1.00 bits per heavy atom. The molecular weight excluding hydrogens is 584 g/mol. The second-order valence-corrected chi connectivity index (χ2v) is 14.7. The van der Waals surface area contributed by atoms with Crippen molar-refractivity contribution in [2.24, 2.45) is 0 Å². The molecule has 0 saturated carbocycles. The molecule has 0 N–H and O–H groups in total. The Balaban J connectivity index is 0.00000420. The van der Waals surface area contributed by atoms with Crippen LogP contribution in [0.1, 0.15) is 24.2 Å². The van der Waals surface area contributed by atoms with E-state index in [1.807, 2.05) is 32.8 Å². The first kappa shape index (κ1) is 31.4. The highest BCUT2D eigenvalue weighted by molar-refractivity contribution is 7.90. The van der Waals surface area contributed by atoms with Crippen molar-refractivity contribution in [3.05, 3.63) is 48.0 Å². The number of likely N-dealkylation sites (N-methyl/N-ethyl adjacent to an activating group) is 1.